The summed E-state index contributed by atoms with van der Waals surface area (Å²) in [6.45, 7) is 2.22. The van der Waals surface area contributed by atoms with Crippen molar-refractivity contribution in [2.24, 2.45) is 5.92 Å². The number of hydrogen-bond acceptors (Lipinski definition) is 3. The molecule has 0 spiro atoms. The molecule has 0 aromatic heterocycles. The number of thioether (sulfide) groups is 1. The topological polar surface area (TPSA) is 20.3 Å². The van der Waals surface area contributed by atoms with Gasteiger partial charge in [-0.25, -0.2) is 0 Å². The maximum atomic E-state index is 11.5. The monoisotopic (exact) mass is 199 g/mol. The summed E-state index contributed by atoms with van der Waals surface area (Å²) in [5.74, 6) is 3.28. The predicted octanol–water partition coefficient (Wildman–Crippen LogP) is 1.75. The van der Waals surface area contributed by atoms with E-state index < -0.39 is 0 Å². The van der Waals surface area contributed by atoms with E-state index in [4.69, 9.17) is 0 Å². The fourth-order valence-electron chi connectivity index (χ4n) is 2.16. The van der Waals surface area contributed by atoms with Crippen molar-refractivity contribution in [2.45, 2.75) is 25.7 Å². The Balaban J connectivity index is 1.81. The van der Waals surface area contributed by atoms with E-state index in [1.807, 2.05) is 11.8 Å². The van der Waals surface area contributed by atoms with Gasteiger partial charge in [-0.15, -0.1) is 11.8 Å². The second-order valence-electron chi connectivity index (χ2n) is 4.02. The minimum atomic E-state index is 0.368. The minimum absolute atomic E-state index is 0.368. The molecular weight excluding hydrogens is 182 g/mol. The molecule has 0 aromatic rings. The summed E-state index contributed by atoms with van der Waals surface area (Å²) in [6, 6.07) is 0. The van der Waals surface area contributed by atoms with Gasteiger partial charge in [0, 0.05) is 37.1 Å². The van der Waals surface area contributed by atoms with E-state index in [1.54, 1.807) is 0 Å². The van der Waals surface area contributed by atoms with Crippen LogP contribution in [-0.4, -0.2) is 35.4 Å². The smallest absolute Gasteiger partial charge is 0.137 e. The van der Waals surface area contributed by atoms with Crippen LogP contribution in [0.4, 0.5) is 0 Å². The van der Waals surface area contributed by atoms with Crippen LogP contribution < -0.4 is 0 Å². The van der Waals surface area contributed by atoms with Crippen LogP contribution >= 0.6 is 11.8 Å². The van der Waals surface area contributed by atoms with Crippen molar-refractivity contribution in [3.8, 4) is 0 Å². The number of Topliss-reactive ketones (excluding diaryl/α,β-unsaturated/α-hetero) is 1. The highest BCUT2D eigenvalue weighted by atomic mass is 32.2. The SMILES string of the molecule is O=C1CCCCC1CN1CCSC1. The third kappa shape index (κ3) is 2.47. The molecule has 1 atom stereocenters. The minimum Gasteiger partial charge on any atom is -0.299 e. The Hall–Kier alpha value is -0.0200. The second kappa shape index (κ2) is 4.47. The number of rotatable bonds is 2. The molecule has 74 valence electrons. The average Bonchev–Trinajstić information content (AvgIpc) is 2.61. The summed E-state index contributed by atoms with van der Waals surface area (Å²) >= 11 is 1.99. The highest BCUT2D eigenvalue weighted by Crippen LogP contribution is 2.23. The van der Waals surface area contributed by atoms with Gasteiger partial charge in [-0.05, 0) is 12.8 Å². The molecule has 0 radical (unpaired) electrons. The Labute approximate surface area is 84.1 Å². The fraction of sp³-hybridized carbons (Fsp3) is 0.900. The van der Waals surface area contributed by atoms with E-state index >= 15 is 0 Å². The number of carbonyl (C=O) groups is 1. The number of hydrogen-bond donors (Lipinski definition) is 0. The van der Waals surface area contributed by atoms with Crippen molar-refractivity contribution in [1.82, 2.24) is 4.90 Å². The summed E-state index contributed by atoms with van der Waals surface area (Å²) in [5.41, 5.74) is 0. The zero-order chi connectivity index (χ0) is 9.10. The molecule has 2 aliphatic rings. The van der Waals surface area contributed by atoms with Crippen LogP contribution in [0.3, 0.4) is 0 Å². The quantitative estimate of drug-likeness (QED) is 0.676. The van der Waals surface area contributed by atoms with E-state index in [-0.39, 0.29) is 0 Å². The Morgan fingerprint density at radius 3 is 3.08 bits per heavy atom. The first-order chi connectivity index (χ1) is 6.36. The lowest BCUT2D eigenvalue weighted by Gasteiger charge is -2.24. The Kier molecular flexibility index (Phi) is 3.28. The molecule has 3 heteroatoms. The van der Waals surface area contributed by atoms with Crippen LogP contribution in [0.1, 0.15) is 25.7 Å². The molecule has 0 bridgehead atoms. The standard InChI is InChI=1S/C10H17NOS/c12-10-4-2-1-3-9(10)7-11-5-6-13-8-11/h9H,1-8H2. The van der Waals surface area contributed by atoms with E-state index in [0.29, 0.717) is 11.7 Å². The van der Waals surface area contributed by atoms with Crippen LogP contribution in [0.15, 0.2) is 0 Å². The van der Waals surface area contributed by atoms with Gasteiger partial charge in [0.25, 0.3) is 0 Å². The van der Waals surface area contributed by atoms with Crippen LogP contribution in [0.25, 0.3) is 0 Å². The molecule has 1 heterocycles. The molecule has 2 rings (SSSR count). The van der Waals surface area contributed by atoms with Crippen molar-refractivity contribution in [2.75, 3.05) is 24.7 Å². The molecule has 0 amide bonds. The molecule has 1 aliphatic heterocycles. The lowest BCUT2D eigenvalue weighted by molar-refractivity contribution is -0.125. The van der Waals surface area contributed by atoms with E-state index in [9.17, 15) is 4.79 Å². The van der Waals surface area contributed by atoms with Crippen molar-refractivity contribution in [1.29, 1.82) is 0 Å². The van der Waals surface area contributed by atoms with E-state index in [0.717, 1.165) is 31.7 Å². The highest BCUT2D eigenvalue weighted by Gasteiger charge is 2.25. The van der Waals surface area contributed by atoms with Gasteiger partial charge in [-0.2, -0.15) is 0 Å². The van der Waals surface area contributed by atoms with Crippen LogP contribution in [-0.2, 0) is 4.79 Å². The number of nitrogens with zero attached hydrogens (tertiary/aromatic N) is 1. The molecule has 2 fully saturated rings. The molecule has 0 N–H and O–H groups in total. The summed E-state index contributed by atoms with van der Waals surface area (Å²) < 4.78 is 0. The maximum absolute atomic E-state index is 11.5. The van der Waals surface area contributed by atoms with Gasteiger partial charge in [-0.1, -0.05) is 6.42 Å². The Bertz CT molecular complexity index is 189. The molecule has 1 unspecified atom stereocenters. The van der Waals surface area contributed by atoms with Crippen LogP contribution in [0.5, 0.6) is 0 Å². The largest absolute Gasteiger partial charge is 0.299 e. The van der Waals surface area contributed by atoms with Crippen LogP contribution in [0.2, 0.25) is 0 Å². The van der Waals surface area contributed by atoms with Crippen LogP contribution in [0, 0.1) is 5.92 Å². The summed E-state index contributed by atoms with van der Waals surface area (Å²) in [4.78, 5) is 14.0. The van der Waals surface area contributed by atoms with Gasteiger partial charge in [0.2, 0.25) is 0 Å². The molecule has 1 aliphatic carbocycles. The molecule has 1 saturated carbocycles. The zero-order valence-electron chi connectivity index (χ0n) is 8.00. The van der Waals surface area contributed by atoms with Crippen molar-refractivity contribution in [3.63, 3.8) is 0 Å². The first kappa shape index (κ1) is 9.53. The van der Waals surface area contributed by atoms with Gasteiger partial charge in [0.1, 0.15) is 5.78 Å². The third-order valence-electron chi connectivity index (χ3n) is 2.99. The van der Waals surface area contributed by atoms with Crippen molar-refractivity contribution < 1.29 is 4.79 Å². The number of carbonyl (C=O) groups excluding carboxylic acids is 1. The second-order valence-corrected chi connectivity index (χ2v) is 5.10. The summed E-state index contributed by atoms with van der Waals surface area (Å²) in [7, 11) is 0. The van der Waals surface area contributed by atoms with Crippen molar-refractivity contribution in [3.05, 3.63) is 0 Å². The highest BCUT2D eigenvalue weighted by molar-refractivity contribution is 7.99. The van der Waals surface area contributed by atoms with Gasteiger partial charge < -0.3 is 0 Å². The number of ketones is 1. The van der Waals surface area contributed by atoms with E-state index in [2.05, 4.69) is 4.90 Å². The lowest BCUT2D eigenvalue weighted by Crippen LogP contribution is -2.32. The molecule has 13 heavy (non-hydrogen) atoms. The lowest BCUT2D eigenvalue weighted by atomic mass is 9.88. The normalized spacial score (nSPS) is 31.1. The Morgan fingerprint density at radius 1 is 1.46 bits per heavy atom. The van der Waals surface area contributed by atoms with Gasteiger partial charge >= 0.3 is 0 Å². The van der Waals surface area contributed by atoms with E-state index in [1.165, 1.54) is 18.7 Å². The van der Waals surface area contributed by atoms with Gasteiger partial charge in [0.05, 0.1) is 0 Å². The summed E-state index contributed by atoms with van der Waals surface area (Å²) in [5, 5.41) is 0. The molecule has 1 saturated heterocycles. The predicted molar refractivity (Wildman–Crippen MR) is 55.9 cm³/mol. The maximum Gasteiger partial charge on any atom is 0.137 e. The molecule has 2 nitrogen and oxygen atoms in total. The molecular formula is C10H17NOS. The van der Waals surface area contributed by atoms with Gasteiger partial charge in [-0.3, -0.25) is 9.69 Å². The molecule has 0 aromatic carbocycles. The average molecular weight is 199 g/mol. The summed E-state index contributed by atoms with van der Waals surface area (Å²) in [6.07, 6.45) is 4.37. The zero-order valence-corrected chi connectivity index (χ0v) is 8.81. The Morgan fingerprint density at radius 2 is 2.38 bits per heavy atom. The third-order valence-corrected chi connectivity index (χ3v) is 4.00. The van der Waals surface area contributed by atoms with Gasteiger partial charge in [0.15, 0.2) is 0 Å². The fourth-order valence-corrected chi connectivity index (χ4v) is 3.16. The first-order valence-electron chi connectivity index (χ1n) is 5.19. The first-order valence-corrected chi connectivity index (χ1v) is 6.34. The van der Waals surface area contributed by atoms with Crippen molar-refractivity contribution >= 4 is 17.5 Å².